The molecule has 116 valence electrons. The minimum Gasteiger partial charge on any atom is -0.379 e. The van der Waals surface area contributed by atoms with E-state index in [1.54, 1.807) is 0 Å². The number of rotatable bonds is 6. The summed E-state index contributed by atoms with van der Waals surface area (Å²) in [5.74, 6) is 0.0292. The monoisotopic (exact) mass is 291 g/mol. The smallest absolute Gasteiger partial charge is 0.239 e. The van der Waals surface area contributed by atoms with Gasteiger partial charge in [0.05, 0.1) is 19.8 Å². The molecule has 5 nitrogen and oxygen atoms in total. The Balaban J connectivity index is 1.63. The van der Waals surface area contributed by atoms with E-state index in [1.807, 2.05) is 6.07 Å². The van der Waals surface area contributed by atoms with Crippen LogP contribution in [-0.4, -0.2) is 56.7 Å². The first kappa shape index (κ1) is 15.8. The van der Waals surface area contributed by atoms with Crippen LogP contribution in [0.4, 0.5) is 5.69 Å². The molecule has 2 N–H and O–H groups in total. The van der Waals surface area contributed by atoms with Crippen molar-refractivity contribution in [2.24, 2.45) is 0 Å². The summed E-state index contributed by atoms with van der Waals surface area (Å²) in [6, 6.07) is 6.13. The number of hydrogen-bond acceptors (Lipinski definition) is 4. The van der Waals surface area contributed by atoms with Gasteiger partial charge in [-0.15, -0.1) is 0 Å². The van der Waals surface area contributed by atoms with E-state index in [9.17, 15) is 4.79 Å². The molecule has 1 aliphatic rings. The lowest BCUT2D eigenvalue weighted by Gasteiger charge is -2.26. The fourth-order valence-electron chi connectivity index (χ4n) is 2.27. The fourth-order valence-corrected chi connectivity index (χ4v) is 2.27. The number of nitrogens with one attached hydrogen (secondary N) is 2. The molecule has 0 radical (unpaired) electrons. The maximum atomic E-state index is 11.8. The molecule has 1 fully saturated rings. The van der Waals surface area contributed by atoms with Crippen molar-refractivity contribution in [3.05, 3.63) is 29.3 Å². The largest absolute Gasteiger partial charge is 0.379 e. The maximum absolute atomic E-state index is 11.8. The second kappa shape index (κ2) is 8.00. The van der Waals surface area contributed by atoms with Crippen molar-refractivity contribution in [2.45, 2.75) is 13.8 Å². The van der Waals surface area contributed by atoms with Gasteiger partial charge in [-0.1, -0.05) is 6.07 Å². The summed E-state index contributed by atoms with van der Waals surface area (Å²) in [5.41, 5.74) is 3.48. The van der Waals surface area contributed by atoms with Crippen LogP contribution in [0.15, 0.2) is 18.2 Å². The van der Waals surface area contributed by atoms with E-state index in [2.05, 4.69) is 41.5 Å². The van der Waals surface area contributed by atoms with Gasteiger partial charge in [0.1, 0.15) is 0 Å². The number of anilines is 1. The fraction of sp³-hybridized carbons (Fsp3) is 0.562. The molecule has 0 saturated carbocycles. The van der Waals surface area contributed by atoms with Crippen molar-refractivity contribution in [1.29, 1.82) is 0 Å². The van der Waals surface area contributed by atoms with Gasteiger partial charge in [-0.25, -0.2) is 0 Å². The quantitative estimate of drug-likeness (QED) is 0.826. The molecule has 0 aromatic heterocycles. The normalized spacial score (nSPS) is 15.7. The average molecular weight is 291 g/mol. The molecule has 0 aliphatic carbocycles. The minimum absolute atomic E-state index is 0.0292. The predicted molar refractivity (Wildman–Crippen MR) is 84.7 cm³/mol. The molecular formula is C16H25N3O2. The summed E-state index contributed by atoms with van der Waals surface area (Å²) < 4.78 is 5.29. The molecule has 0 unspecified atom stereocenters. The minimum atomic E-state index is 0.0292. The number of amides is 1. The lowest BCUT2D eigenvalue weighted by molar-refractivity contribution is -0.119. The summed E-state index contributed by atoms with van der Waals surface area (Å²) in [7, 11) is 0. The summed E-state index contributed by atoms with van der Waals surface area (Å²) in [6.45, 7) is 9.54. The highest BCUT2D eigenvalue weighted by Crippen LogP contribution is 2.13. The van der Waals surface area contributed by atoms with Crippen LogP contribution >= 0.6 is 0 Å². The number of morpholine rings is 1. The molecule has 1 amide bonds. The maximum Gasteiger partial charge on any atom is 0.239 e. The zero-order valence-corrected chi connectivity index (χ0v) is 12.9. The Kier molecular flexibility index (Phi) is 6.02. The van der Waals surface area contributed by atoms with Gasteiger partial charge in [0.15, 0.2) is 0 Å². The molecule has 21 heavy (non-hydrogen) atoms. The second-order valence-electron chi connectivity index (χ2n) is 5.46. The van der Waals surface area contributed by atoms with Crippen molar-refractivity contribution < 1.29 is 9.53 Å². The van der Waals surface area contributed by atoms with Crippen LogP contribution in [0.1, 0.15) is 11.1 Å². The van der Waals surface area contributed by atoms with Crippen LogP contribution in [0.3, 0.4) is 0 Å². The van der Waals surface area contributed by atoms with Gasteiger partial charge in [-0.2, -0.15) is 0 Å². The van der Waals surface area contributed by atoms with E-state index in [4.69, 9.17) is 4.74 Å². The standard InChI is InChI=1S/C16H25N3O2/c1-13-3-4-15(11-14(13)2)18-12-16(20)17-5-6-19-7-9-21-10-8-19/h3-4,11,18H,5-10,12H2,1-2H3,(H,17,20). The molecule has 2 rings (SSSR count). The lowest BCUT2D eigenvalue weighted by atomic mass is 10.1. The number of hydrogen-bond donors (Lipinski definition) is 2. The molecule has 1 heterocycles. The van der Waals surface area contributed by atoms with Crippen LogP contribution in [-0.2, 0) is 9.53 Å². The van der Waals surface area contributed by atoms with Gasteiger partial charge < -0.3 is 15.4 Å². The first-order valence-corrected chi connectivity index (χ1v) is 7.53. The van der Waals surface area contributed by atoms with Gasteiger partial charge >= 0.3 is 0 Å². The molecule has 1 saturated heterocycles. The molecule has 1 aromatic rings. The SMILES string of the molecule is Cc1ccc(NCC(=O)NCCN2CCOCC2)cc1C. The number of carbonyl (C=O) groups excluding carboxylic acids is 1. The van der Waals surface area contributed by atoms with Crippen molar-refractivity contribution in [1.82, 2.24) is 10.2 Å². The predicted octanol–water partition coefficient (Wildman–Crippen LogP) is 1.16. The van der Waals surface area contributed by atoms with E-state index in [0.717, 1.165) is 38.5 Å². The highest BCUT2D eigenvalue weighted by atomic mass is 16.5. The van der Waals surface area contributed by atoms with Crippen molar-refractivity contribution in [3.8, 4) is 0 Å². The zero-order chi connectivity index (χ0) is 15.1. The van der Waals surface area contributed by atoms with E-state index in [1.165, 1.54) is 11.1 Å². The Hall–Kier alpha value is -1.59. The number of aryl methyl sites for hydroxylation is 2. The van der Waals surface area contributed by atoms with E-state index >= 15 is 0 Å². The number of ether oxygens (including phenoxy) is 1. The molecule has 5 heteroatoms. The molecule has 0 atom stereocenters. The summed E-state index contributed by atoms with van der Waals surface area (Å²) in [5, 5.41) is 6.10. The van der Waals surface area contributed by atoms with Crippen LogP contribution in [0.25, 0.3) is 0 Å². The first-order chi connectivity index (χ1) is 10.1. The van der Waals surface area contributed by atoms with Crippen molar-refractivity contribution in [2.75, 3.05) is 51.3 Å². The number of nitrogens with zero attached hydrogens (tertiary/aromatic N) is 1. The highest BCUT2D eigenvalue weighted by molar-refractivity contribution is 5.80. The zero-order valence-electron chi connectivity index (χ0n) is 12.9. The molecular weight excluding hydrogens is 266 g/mol. The lowest BCUT2D eigenvalue weighted by Crippen LogP contribution is -2.42. The van der Waals surface area contributed by atoms with Gasteiger partial charge in [0.25, 0.3) is 0 Å². The van der Waals surface area contributed by atoms with E-state index < -0.39 is 0 Å². The third-order valence-electron chi connectivity index (χ3n) is 3.81. The molecule has 0 spiro atoms. The Morgan fingerprint density at radius 1 is 1.24 bits per heavy atom. The van der Waals surface area contributed by atoms with Gasteiger partial charge in [0.2, 0.25) is 5.91 Å². The summed E-state index contributed by atoms with van der Waals surface area (Å²) in [6.07, 6.45) is 0. The van der Waals surface area contributed by atoms with Gasteiger partial charge in [0, 0.05) is 31.9 Å². The van der Waals surface area contributed by atoms with Crippen LogP contribution in [0.5, 0.6) is 0 Å². The van der Waals surface area contributed by atoms with Crippen molar-refractivity contribution >= 4 is 11.6 Å². The molecule has 0 bridgehead atoms. The van der Waals surface area contributed by atoms with E-state index in [0.29, 0.717) is 13.1 Å². The number of carbonyl (C=O) groups is 1. The van der Waals surface area contributed by atoms with Crippen LogP contribution in [0, 0.1) is 13.8 Å². The highest BCUT2D eigenvalue weighted by Gasteiger charge is 2.10. The average Bonchev–Trinajstić information content (AvgIpc) is 2.49. The Morgan fingerprint density at radius 3 is 2.71 bits per heavy atom. The summed E-state index contributed by atoms with van der Waals surface area (Å²) >= 11 is 0. The molecule has 1 aliphatic heterocycles. The first-order valence-electron chi connectivity index (χ1n) is 7.53. The van der Waals surface area contributed by atoms with Gasteiger partial charge in [-0.05, 0) is 37.1 Å². The van der Waals surface area contributed by atoms with E-state index in [-0.39, 0.29) is 5.91 Å². The third-order valence-corrected chi connectivity index (χ3v) is 3.81. The second-order valence-corrected chi connectivity index (χ2v) is 5.46. The Labute approximate surface area is 126 Å². The van der Waals surface area contributed by atoms with Crippen LogP contribution in [0.2, 0.25) is 0 Å². The Bertz CT molecular complexity index is 471. The van der Waals surface area contributed by atoms with Gasteiger partial charge in [-0.3, -0.25) is 9.69 Å². The number of benzene rings is 1. The Morgan fingerprint density at radius 2 is 2.00 bits per heavy atom. The third kappa shape index (κ3) is 5.36. The summed E-state index contributed by atoms with van der Waals surface area (Å²) in [4.78, 5) is 14.1. The van der Waals surface area contributed by atoms with Crippen LogP contribution < -0.4 is 10.6 Å². The topological polar surface area (TPSA) is 53.6 Å². The van der Waals surface area contributed by atoms with Crippen molar-refractivity contribution in [3.63, 3.8) is 0 Å². The molecule has 1 aromatic carbocycles.